The summed E-state index contributed by atoms with van der Waals surface area (Å²) in [5.41, 5.74) is 0. The minimum Gasteiger partial charge on any atom is -0.306 e. The first-order valence-electron chi connectivity index (χ1n) is 11.6. The molecule has 2 unspecified atom stereocenters. The van der Waals surface area contributed by atoms with Gasteiger partial charge in [0.15, 0.2) is 0 Å². The fraction of sp³-hybridized carbons (Fsp3) is 0.957. The van der Waals surface area contributed by atoms with Crippen LogP contribution in [0, 0.1) is 10.8 Å². The predicted octanol–water partition coefficient (Wildman–Crippen LogP) is 7.11. The van der Waals surface area contributed by atoms with Crippen LogP contribution < -0.4 is 0 Å². The van der Waals surface area contributed by atoms with E-state index < -0.39 is 5.91 Å². The van der Waals surface area contributed by atoms with E-state index in [0.29, 0.717) is 0 Å². The van der Waals surface area contributed by atoms with Crippen molar-refractivity contribution in [2.45, 2.75) is 123 Å². The minimum atomic E-state index is -0.467. The second-order valence-electron chi connectivity index (χ2n) is 8.36. The van der Waals surface area contributed by atoms with Crippen LogP contribution in [0.5, 0.6) is 0 Å². The fourth-order valence-corrected chi connectivity index (χ4v) is 4.12. The molecule has 0 aromatic rings. The summed E-state index contributed by atoms with van der Waals surface area (Å²) in [6.07, 6.45) is 20.3. The molecule has 0 aromatic carbocycles. The molecule has 0 aliphatic heterocycles. The Morgan fingerprint density at radius 2 is 1.15 bits per heavy atom. The van der Waals surface area contributed by atoms with Gasteiger partial charge in [-0.1, -0.05) is 104 Å². The molecule has 1 amide bonds. The summed E-state index contributed by atoms with van der Waals surface area (Å²) in [4.78, 5) is 24.6. The lowest BCUT2D eigenvalue weighted by Gasteiger charge is -2.28. The van der Waals surface area contributed by atoms with Gasteiger partial charge in [0.25, 0.3) is 5.91 Å². The number of amides is 1. The highest BCUT2D eigenvalue weighted by Gasteiger charge is 2.28. The molecule has 2 atom stereocenters. The minimum absolute atomic E-state index is 0.122. The van der Waals surface area contributed by atoms with Crippen LogP contribution >= 0.6 is 0 Å². The van der Waals surface area contributed by atoms with E-state index in [2.05, 4.69) is 23.9 Å². The van der Waals surface area contributed by atoms with Gasteiger partial charge < -0.3 is 4.90 Å². The van der Waals surface area contributed by atoms with Crippen molar-refractivity contribution in [3.63, 3.8) is 0 Å². The Balaban J connectivity index is 3.65. The van der Waals surface area contributed by atoms with Crippen LogP contribution in [0.1, 0.15) is 117 Å². The van der Waals surface area contributed by atoms with E-state index in [1.165, 1.54) is 77.0 Å². The number of unbranched alkanes of at least 4 members (excludes halogenated alkanes) is 13. The van der Waals surface area contributed by atoms with Gasteiger partial charge in [-0.2, -0.15) is 0 Å². The van der Waals surface area contributed by atoms with E-state index >= 15 is 0 Å². The molecule has 0 aromatic heterocycles. The van der Waals surface area contributed by atoms with Gasteiger partial charge in [0, 0.05) is 11.2 Å². The molecule has 4 heteroatoms. The largest absolute Gasteiger partial charge is 0.306 e. The third-order valence-corrected chi connectivity index (χ3v) is 5.82. The molecular weight excluding hydrogens is 336 g/mol. The van der Waals surface area contributed by atoms with Gasteiger partial charge in [0.2, 0.25) is 0 Å². The summed E-state index contributed by atoms with van der Waals surface area (Å²) in [5, 5.41) is 2.71. The maximum atomic E-state index is 11.9. The molecule has 0 heterocycles. The SMILES string of the molecule is CCCCCCCCCCCCCCCCC(C(=O)N=O)C(CC)N(C)C. The molecule has 4 nitrogen and oxygen atoms in total. The molecule has 0 aliphatic rings. The first-order chi connectivity index (χ1) is 13.1. The first kappa shape index (κ1) is 26.2. The van der Waals surface area contributed by atoms with E-state index in [9.17, 15) is 9.70 Å². The Hall–Kier alpha value is -0.770. The van der Waals surface area contributed by atoms with Gasteiger partial charge in [-0.15, -0.1) is 4.91 Å². The Bertz CT molecular complexity index is 358. The molecule has 0 radical (unpaired) electrons. The van der Waals surface area contributed by atoms with Crippen LogP contribution in [0.2, 0.25) is 0 Å². The van der Waals surface area contributed by atoms with Crippen molar-refractivity contribution < 1.29 is 4.79 Å². The lowest BCUT2D eigenvalue weighted by atomic mass is 9.90. The molecule has 160 valence electrons. The summed E-state index contributed by atoms with van der Waals surface area (Å²) in [5.74, 6) is -0.704. The highest BCUT2D eigenvalue weighted by Crippen LogP contribution is 2.22. The molecular formula is C23H46N2O2. The number of hydrogen-bond acceptors (Lipinski definition) is 3. The summed E-state index contributed by atoms with van der Waals surface area (Å²) < 4.78 is 0. The van der Waals surface area contributed by atoms with Crippen LogP contribution in [0.3, 0.4) is 0 Å². The van der Waals surface area contributed by atoms with Crippen molar-refractivity contribution in [2.24, 2.45) is 11.1 Å². The smallest absolute Gasteiger partial charge is 0.290 e. The molecule has 0 spiro atoms. The van der Waals surface area contributed by atoms with Gasteiger partial charge in [0.05, 0.1) is 5.92 Å². The predicted molar refractivity (Wildman–Crippen MR) is 117 cm³/mol. The number of nitrogens with zero attached hydrogens (tertiary/aromatic N) is 2. The highest BCUT2D eigenvalue weighted by molar-refractivity contribution is 5.80. The average molecular weight is 383 g/mol. The second kappa shape index (κ2) is 18.6. The molecule has 0 N–H and O–H groups in total. The maximum absolute atomic E-state index is 11.9. The topological polar surface area (TPSA) is 49.7 Å². The number of carbonyl (C=O) groups excluding carboxylic acids is 1. The normalized spacial score (nSPS) is 13.7. The zero-order valence-corrected chi connectivity index (χ0v) is 18.7. The number of hydrogen-bond donors (Lipinski definition) is 0. The lowest BCUT2D eigenvalue weighted by Crippen LogP contribution is -2.38. The summed E-state index contributed by atoms with van der Waals surface area (Å²) in [6.45, 7) is 4.34. The molecule has 27 heavy (non-hydrogen) atoms. The summed E-state index contributed by atoms with van der Waals surface area (Å²) >= 11 is 0. The average Bonchev–Trinajstić information content (AvgIpc) is 2.66. The van der Waals surface area contributed by atoms with Gasteiger partial charge in [-0.25, -0.2) is 0 Å². The first-order valence-corrected chi connectivity index (χ1v) is 11.6. The molecule has 0 fully saturated rings. The van der Waals surface area contributed by atoms with Crippen molar-refractivity contribution in [1.29, 1.82) is 0 Å². The maximum Gasteiger partial charge on any atom is 0.290 e. The van der Waals surface area contributed by atoms with Crippen LogP contribution in [0.4, 0.5) is 0 Å². The Morgan fingerprint density at radius 1 is 0.741 bits per heavy atom. The summed E-state index contributed by atoms with van der Waals surface area (Å²) in [6, 6.07) is 0.122. The van der Waals surface area contributed by atoms with E-state index in [-0.39, 0.29) is 12.0 Å². The Labute approximate surface area is 168 Å². The van der Waals surface area contributed by atoms with Gasteiger partial charge in [-0.3, -0.25) is 4.79 Å². The monoisotopic (exact) mass is 382 g/mol. The van der Waals surface area contributed by atoms with Crippen LogP contribution in [0.15, 0.2) is 5.18 Å². The quantitative estimate of drug-likeness (QED) is 0.177. The van der Waals surface area contributed by atoms with Crippen molar-refractivity contribution >= 4 is 5.91 Å². The van der Waals surface area contributed by atoms with Crippen LogP contribution in [-0.4, -0.2) is 30.9 Å². The number of rotatable bonds is 19. The van der Waals surface area contributed by atoms with Gasteiger partial charge in [-0.05, 0) is 26.9 Å². The van der Waals surface area contributed by atoms with E-state index in [0.717, 1.165) is 25.7 Å². The zero-order chi connectivity index (χ0) is 20.3. The van der Waals surface area contributed by atoms with Crippen molar-refractivity contribution in [2.75, 3.05) is 14.1 Å². The van der Waals surface area contributed by atoms with Gasteiger partial charge >= 0.3 is 0 Å². The molecule has 0 saturated carbocycles. The van der Waals surface area contributed by atoms with E-state index in [1.54, 1.807) is 0 Å². The second-order valence-corrected chi connectivity index (χ2v) is 8.36. The Kier molecular flexibility index (Phi) is 18.1. The number of nitroso groups, excluding NO2 is 1. The van der Waals surface area contributed by atoms with E-state index in [1.807, 2.05) is 14.1 Å². The van der Waals surface area contributed by atoms with Crippen LogP contribution in [-0.2, 0) is 4.79 Å². The third-order valence-electron chi connectivity index (χ3n) is 5.82. The molecule has 0 saturated heterocycles. The van der Waals surface area contributed by atoms with Crippen molar-refractivity contribution in [1.82, 2.24) is 4.90 Å². The molecule has 0 bridgehead atoms. The molecule has 0 aliphatic carbocycles. The lowest BCUT2D eigenvalue weighted by molar-refractivity contribution is -0.124. The highest BCUT2D eigenvalue weighted by atomic mass is 16.3. The van der Waals surface area contributed by atoms with Crippen molar-refractivity contribution in [3.05, 3.63) is 4.91 Å². The molecule has 0 rings (SSSR count). The Morgan fingerprint density at radius 3 is 1.48 bits per heavy atom. The third kappa shape index (κ3) is 14.0. The van der Waals surface area contributed by atoms with Crippen molar-refractivity contribution in [3.8, 4) is 0 Å². The fourth-order valence-electron chi connectivity index (χ4n) is 4.12. The van der Waals surface area contributed by atoms with E-state index in [4.69, 9.17) is 0 Å². The standard InChI is InChI=1S/C23H46N2O2/c1-5-7-8-9-10-11-12-13-14-15-16-17-18-19-20-21(23(26)24-27)22(6-2)25(3)4/h21-22H,5-20H2,1-4H3. The number of carbonyl (C=O) groups is 1. The van der Waals surface area contributed by atoms with Gasteiger partial charge in [0.1, 0.15) is 0 Å². The zero-order valence-electron chi connectivity index (χ0n) is 18.7. The summed E-state index contributed by atoms with van der Waals surface area (Å²) in [7, 11) is 3.95. The van der Waals surface area contributed by atoms with Crippen LogP contribution in [0.25, 0.3) is 0 Å².